The summed E-state index contributed by atoms with van der Waals surface area (Å²) in [7, 11) is 0. The second-order valence-electron chi connectivity index (χ2n) is 16.0. The number of rotatable bonds is 5. The molecule has 1 heterocycles. The van der Waals surface area contributed by atoms with Gasteiger partial charge in [0.1, 0.15) is 0 Å². The van der Waals surface area contributed by atoms with Crippen molar-refractivity contribution in [2.45, 2.75) is 24.7 Å². The SMILES string of the molecule is CC1(C)c2ccccc2C2(c3ccccc3-c3cc(-c4cccc(-c5cccc(-c6nc(-c7ccccc7)nc(-c7ccccc7)n6)c5)c4)ccc32)c2ccccc21. The number of hydrogen-bond acceptors (Lipinski definition) is 3. The highest BCUT2D eigenvalue weighted by Crippen LogP contribution is 2.62. The van der Waals surface area contributed by atoms with Gasteiger partial charge in [-0.15, -0.1) is 0 Å². The summed E-state index contributed by atoms with van der Waals surface area (Å²) in [4.78, 5) is 14.9. The first kappa shape index (κ1) is 34.1. The summed E-state index contributed by atoms with van der Waals surface area (Å²) in [6, 6.07) is 72.1. The lowest BCUT2D eigenvalue weighted by molar-refractivity contribution is 0.563. The molecule has 1 aromatic heterocycles. The van der Waals surface area contributed by atoms with E-state index in [1.165, 1.54) is 55.6 Å². The molecule has 3 nitrogen and oxygen atoms in total. The van der Waals surface area contributed by atoms with Crippen molar-refractivity contribution in [3.05, 3.63) is 234 Å². The molecule has 11 rings (SSSR count). The Morgan fingerprint density at radius 3 is 1.21 bits per heavy atom. The molecule has 274 valence electrons. The lowest BCUT2D eigenvalue weighted by atomic mass is 9.55. The summed E-state index contributed by atoms with van der Waals surface area (Å²) in [5.74, 6) is 1.95. The Labute approximate surface area is 339 Å². The lowest BCUT2D eigenvalue weighted by Gasteiger charge is -2.46. The first-order valence-corrected chi connectivity index (χ1v) is 20.0. The molecule has 0 radical (unpaired) electrons. The molecular formula is C55H39N3. The first-order valence-electron chi connectivity index (χ1n) is 20.0. The molecule has 0 unspecified atom stereocenters. The minimum absolute atomic E-state index is 0.119. The summed E-state index contributed by atoms with van der Waals surface area (Å²) < 4.78 is 0. The summed E-state index contributed by atoms with van der Waals surface area (Å²) >= 11 is 0. The minimum Gasteiger partial charge on any atom is -0.208 e. The van der Waals surface area contributed by atoms with Crippen LogP contribution in [0, 0.1) is 0 Å². The summed E-state index contributed by atoms with van der Waals surface area (Å²) in [6.45, 7) is 4.75. The maximum atomic E-state index is 5.00. The van der Waals surface area contributed by atoms with Gasteiger partial charge >= 0.3 is 0 Å². The van der Waals surface area contributed by atoms with Gasteiger partial charge in [0, 0.05) is 22.1 Å². The molecule has 0 fully saturated rings. The Bertz CT molecular complexity index is 2930. The van der Waals surface area contributed by atoms with Crippen LogP contribution in [0.4, 0.5) is 0 Å². The monoisotopic (exact) mass is 741 g/mol. The largest absolute Gasteiger partial charge is 0.208 e. The maximum Gasteiger partial charge on any atom is 0.164 e. The summed E-state index contributed by atoms with van der Waals surface area (Å²) in [5, 5.41) is 0. The standard InChI is InChI=1S/C55H39N3/c1-54(2)47-27-11-13-29-49(47)55(50-30-14-12-28-48(50)54)45-26-10-9-25-43(45)44-35-41(31-32-46(44)55)39-22-15-21-38(33-39)40-23-16-24-42(34-40)53-57-51(36-17-5-3-6-18-36)56-52(58-53)37-19-7-4-8-20-37/h3-35H,1-2H3. The van der Waals surface area contributed by atoms with Gasteiger partial charge < -0.3 is 0 Å². The van der Waals surface area contributed by atoms with Crippen LogP contribution in [0.15, 0.2) is 200 Å². The maximum absolute atomic E-state index is 5.00. The molecule has 0 N–H and O–H groups in total. The van der Waals surface area contributed by atoms with E-state index in [0.717, 1.165) is 27.8 Å². The van der Waals surface area contributed by atoms with E-state index in [2.05, 4.69) is 153 Å². The van der Waals surface area contributed by atoms with E-state index in [-0.39, 0.29) is 5.41 Å². The Morgan fingerprint density at radius 1 is 0.276 bits per heavy atom. The van der Waals surface area contributed by atoms with Crippen LogP contribution in [0.2, 0.25) is 0 Å². The number of fused-ring (bicyclic) bond motifs is 9. The lowest BCUT2D eigenvalue weighted by Crippen LogP contribution is -2.40. The van der Waals surface area contributed by atoms with Gasteiger partial charge in [0.25, 0.3) is 0 Å². The highest BCUT2D eigenvalue weighted by atomic mass is 15.0. The Morgan fingerprint density at radius 2 is 0.655 bits per heavy atom. The quantitative estimate of drug-likeness (QED) is 0.176. The topological polar surface area (TPSA) is 38.7 Å². The zero-order valence-corrected chi connectivity index (χ0v) is 32.4. The molecule has 0 amide bonds. The van der Waals surface area contributed by atoms with Crippen molar-refractivity contribution >= 4 is 0 Å². The molecule has 3 heteroatoms. The Hall–Kier alpha value is -7.23. The molecule has 1 spiro atoms. The molecule has 0 bridgehead atoms. The molecule has 2 aliphatic rings. The predicted molar refractivity (Wildman–Crippen MR) is 236 cm³/mol. The van der Waals surface area contributed by atoms with Crippen LogP contribution in [0.1, 0.15) is 47.2 Å². The van der Waals surface area contributed by atoms with Crippen LogP contribution < -0.4 is 0 Å². The van der Waals surface area contributed by atoms with Crippen molar-refractivity contribution in [1.29, 1.82) is 0 Å². The second kappa shape index (κ2) is 13.2. The van der Waals surface area contributed by atoms with E-state index in [9.17, 15) is 0 Å². The first-order chi connectivity index (χ1) is 28.5. The number of benzene rings is 8. The minimum atomic E-state index is -0.398. The third kappa shape index (κ3) is 5.17. The Balaban J connectivity index is 1.02. The summed E-state index contributed by atoms with van der Waals surface area (Å²) in [5.41, 5.74) is 17.8. The molecule has 9 aromatic rings. The average molecular weight is 742 g/mol. The van der Waals surface area contributed by atoms with Crippen molar-refractivity contribution < 1.29 is 0 Å². The highest BCUT2D eigenvalue weighted by Gasteiger charge is 2.53. The van der Waals surface area contributed by atoms with Gasteiger partial charge in [-0.05, 0) is 85.0 Å². The third-order valence-electron chi connectivity index (χ3n) is 12.4. The van der Waals surface area contributed by atoms with Crippen molar-refractivity contribution in [2.24, 2.45) is 0 Å². The molecule has 58 heavy (non-hydrogen) atoms. The van der Waals surface area contributed by atoms with E-state index in [1.807, 2.05) is 60.7 Å². The highest BCUT2D eigenvalue weighted by molar-refractivity contribution is 5.91. The van der Waals surface area contributed by atoms with Crippen molar-refractivity contribution in [3.8, 4) is 67.5 Å². The van der Waals surface area contributed by atoms with Crippen LogP contribution >= 0.6 is 0 Å². The zero-order valence-electron chi connectivity index (χ0n) is 32.4. The molecule has 0 atom stereocenters. The van der Waals surface area contributed by atoms with E-state index in [4.69, 9.17) is 15.0 Å². The second-order valence-corrected chi connectivity index (χ2v) is 16.0. The van der Waals surface area contributed by atoms with Gasteiger partial charge in [-0.3, -0.25) is 0 Å². The normalized spacial score (nSPS) is 14.0. The molecule has 0 aliphatic heterocycles. The number of aromatic nitrogens is 3. The van der Waals surface area contributed by atoms with Gasteiger partial charge in [0.2, 0.25) is 0 Å². The number of hydrogen-bond donors (Lipinski definition) is 0. The van der Waals surface area contributed by atoms with Crippen LogP contribution in [0.5, 0.6) is 0 Å². The smallest absolute Gasteiger partial charge is 0.164 e. The zero-order chi connectivity index (χ0) is 38.8. The molecular weight excluding hydrogens is 703 g/mol. The van der Waals surface area contributed by atoms with E-state index >= 15 is 0 Å². The number of nitrogens with zero attached hydrogens (tertiary/aromatic N) is 3. The van der Waals surface area contributed by atoms with Crippen LogP contribution in [-0.4, -0.2) is 15.0 Å². The van der Waals surface area contributed by atoms with Crippen molar-refractivity contribution in [1.82, 2.24) is 15.0 Å². The molecule has 0 saturated carbocycles. The van der Waals surface area contributed by atoms with Crippen molar-refractivity contribution in [3.63, 3.8) is 0 Å². The van der Waals surface area contributed by atoms with Gasteiger partial charge in [-0.25, -0.2) is 15.0 Å². The van der Waals surface area contributed by atoms with Crippen molar-refractivity contribution in [2.75, 3.05) is 0 Å². The van der Waals surface area contributed by atoms with E-state index in [1.54, 1.807) is 0 Å². The van der Waals surface area contributed by atoms with E-state index in [0.29, 0.717) is 17.5 Å². The predicted octanol–water partition coefficient (Wildman–Crippen LogP) is 13.2. The molecule has 2 aliphatic carbocycles. The third-order valence-corrected chi connectivity index (χ3v) is 12.4. The van der Waals surface area contributed by atoms with Crippen LogP contribution in [0.3, 0.4) is 0 Å². The average Bonchev–Trinajstić information content (AvgIpc) is 3.59. The fourth-order valence-corrected chi connectivity index (χ4v) is 9.70. The van der Waals surface area contributed by atoms with Gasteiger partial charge in [0.15, 0.2) is 17.5 Å². The van der Waals surface area contributed by atoms with Crippen LogP contribution in [-0.2, 0) is 10.8 Å². The summed E-state index contributed by atoms with van der Waals surface area (Å²) in [6.07, 6.45) is 0. The Kier molecular flexibility index (Phi) is 7.74. The van der Waals surface area contributed by atoms with Gasteiger partial charge in [-0.1, -0.05) is 196 Å². The fraction of sp³-hybridized carbons (Fsp3) is 0.0727. The van der Waals surface area contributed by atoms with E-state index < -0.39 is 5.41 Å². The van der Waals surface area contributed by atoms with Gasteiger partial charge in [0.05, 0.1) is 5.41 Å². The molecule has 0 saturated heterocycles. The van der Waals surface area contributed by atoms with Gasteiger partial charge in [-0.2, -0.15) is 0 Å². The van der Waals surface area contributed by atoms with Crippen LogP contribution in [0.25, 0.3) is 67.5 Å². The molecule has 8 aromatic carbocycles. The fourth-order valence-electron chi connectivity index (χ4n) is 9.70.